The van der Waals surface area contributed by atoms with Gasteiger partial charge in [-0.2, -0.15) is 0 Å². The van der Waals surface area contributed by atoms with Crippen molar-refractivity contribution in [1.82, 2.24) is 14.7 Å². The van der Waals surface area contributed by atoms with Gasteiger partial charge in [0, 0.05) is 32.7 Å². The Morgan fingerprint density at radius 3 is 2.41 bits per heavy atom. The molecule has 4 heteroatoms. The molecule has 0 aromatic carbocycles. The second-order valence-corrected chi connectivity index (χ2v) is 5.73. The normalized spacial score (nSPS) is 28.9. The number of likely N-dealkylation sites (N-methyl/N-ethyl adjacent to an activating group) is 1. The number of carbonyl (C=O) groups excluding carboxylic acids is 1. The molecule has 2 heterocycles. The van der Waals surface area contributed by atoms with Gasteiger partial charge in [0.1, 0.15) is 0 Å². The molecule has 1 atom stereocenters. The van der Waals surface area contributed by atoms with Crippen molar-refractivity contribution in [2.75, 3.05) is 33.2 Å². The molecule has 0 bridgehead atoms. The van der Waals surface area contributed by atoms with E-state index in [-0.39, 0.29) is 17.6 Å². The van der Waals surface area contributed by atoms with Crippen LogP contribution in [0.25, 0.3) is 0 Å². The van der Waals surface area contributed by atoms with E-state index in [1.807, 2.05) is 11.9 Å². The van der Waals surface area contributed by atoms with Crippen LogP contribution in [0.1, 0.15) is 33.6 Å². The fraction of sp³-hybridized carbons (Fsp3) is 0.923. The van der Waals surface area contributed by atoms with Gasteiger partial charge in [-0.3, -0.25) is 0 Å². The molecule has 0 radical (unpaired) electrons. The number of urea groups is 1. The zero-order chi connectivity index (χ0) is 12.6. The maximum absolute atomic E-state index is 12.4. The van der Waals surface area contributed by atoms with Crippen LogP contribution in [0.3, 0.4) is 0 Å². The second kappa shape index (κ2) is 4.48. The third-order valence-corrected chi connectivity index (χ3v) is 4.54. The highest BCUT2D eigenvalue weighted by molar-refractivity contribution is 5.76. The lowest BCUT2D eigenvalue weighted by Gasteiger charge is -2.52. The summed E-state index contributed by atoms with van der Waals surface area (Å²) in [5.41, 5.74) is 0.163. The molecule has 2 rings (SSSR count). The molecule has 0 N–H and O–H groups in total. The van der Waals surface area contributed by atoms with Gasteiger partial charge in [-0.1, -0.05) is 6.92 Å². The van der Waals surface area contributed by atoms with Crippen LogP contribution in [0.15, 0.2) is 0 Å². The summed E-state index contributed by atoms with van der Waals surface area (Å²) in [6.07, 6.45) is 2.33. The van der Waals surface area contributed by atoms with Crippen LogP contribution in [-0.2, 0) is 0 Å². The van der Waals surface area contributed by atoms with Gasteiger partial charge in [0.2, 0.25) is 0 Å². The summed E-state index contributed by atoms with van der Waals surface area (Å²) >= 11 is 0. The Morgan fingerprint density at radius 2 is 2.00 bits per heavy atom. The molecule has 17 heavy (non-hydrogen) atoms. The van der Waals surface area contributed by atoms with Crippen LogP contribution in [-0.4, -0.2) is 65.5 Å². The number of hydrogen-bond donors (Lipinski definition) is 0. The van der Waals surface area contributed by atoms with E-state index in [0.717, 1.165) is 32.6 Å². The van der Waals surface area contributed by atoms with Gasteiger partial charge < -0.3 is 14.7 Å². The lowest BCUT2D eigenvalue weighted by Crippen LogP contribution is -2.66. The quantitative estimate of drug-likeness (QED) is 0.732. The van der Waals surface area contributed by atoms with Gasteiger partial charge in [0.05, 0.1) is 5.54 Å². The molecular weight excluding hydrogens is 214 g/mol. The maximum Gasteiger partial charge on any atom is 0.320 e. The predicted molar refractivity (Wildman–Crippen MR) is 69.1 cm³/mol. The highest BCUT2D eigenvalue weighted by Gasteiger charge is 2.51. The van der Waals surface area contributed by atoms with E-state index in [0.29, 0.717) is 0 Å². The molecular formula is C13H25N3O. The topological polar surface area (TPSA) is 26.8 Å². The molecule has 2 aliphatic heterocycles. The van der Waals surface area contributed by atoms with E-state index >= 15 is 0 Å². The fourth-order valence-corrected chi connectivity index (χ4v) is 2.88. The zero-order valence-corrected chi connectivity index (χ0v) is 11.6. The van der Waals surface area contributed by atoms with Gasteiger partial charge >= 0.3 is 6.03 Å². The minimum atomic E-state index is 0.163. The van der Waals surface area contributed by atoms with Crippen molar-refractivity contribution in [3.63, 3.8) is 0 Å². The van der Waals surface area contributed by atoms with Crippen LogP contribution in [0, 0.1) is 0 Å². The Labute approximate surface area is 105 Å². The molecule has 0 aromatic heterocycles. The number of likely N-dealkylation sites (tertiary alicyclic amines) is 2. The van der Waals surface area contributed by atoms with Crippen molar-refractivity contribution < 1.29 is 4.79 Å². The summed E-state index contributed by atoms with van der Waals surface area (Å²) in [4.78, 5) is 18.8. The molecule has 1 spiro atoms. The number of hydrogen-bond acceptors (Lipinski definition) is 2. The lowest BCUT2D eigenvalue weighted by molar-refractivity contribution is 0.0137. The van der Waals surface area contributed by atoms with Gasteiger partial charge in [-0.25, -0.2) is 4.79 Å². The van der Waals surface area contributed by atoms with Gasteiger partial charge in [0.15, 0.2) is 0 Å². The molecule has 2 amide bonds. The van der Waals surface area contributed by atoms with Crippen molar-refractivity contribution in [2.45, 2.75) is 45.2 Å². The molecule has 0 saturated carbocycles. The molecule has 0 aliphatic carbocycles. The summed E-state index contributed by atoms with van der Waals surface area (Å²) in [6, 6.07) is 0.494. The van der Waals surface area contributed by atoms with E-state index < -0.39 is 0 Å². The van der Waals surface area contributed by atoms with E-state index in [1.54, 1.807) is 0 Å². The van der Waals surface area contributed by atoms with Crippen molar-refractivity contribution in [3.8, 4) is 0 Å². The average molecular weight is 239 g/mol. The van der Waals surface area contributed by atoms with Crippen molar-refractivity contribution in [1.29, 1.82) is 0 Å². The van der Waals surface area contributed by atoms with E-state index in [9.17, 15) is 4.79 Å². The second-order valence-electron chi connectivity index (χ2n) is 5.73. The highest BCUT2D eigenvalue weighted by atomic mass is 16.2. The summed E-state index contributed by atoms with van der Waals surface area (Å²) in [5.74, 6) is 0. The molecule has 98 valence electrons. The van der Waals surface area contributed by atoms with Crippen molar-refractivity contribution >= 4 is 6.03 Å². The number of rotatable bonds is 2. The standard InChI is InChI=1S/C13H25N3O/c1-5-15-8-6-13(10-15)7-9-16(13)12(17)14(4)11(2)3/h11H,5-10H2,1-4H3. The minimum Gasteiger partial charge on any atom is -0.325 e. The van der Waals surface area contributed by atoms with Crippen LogP contribution in [0.4, 0.5) is 4.79 Å². The molecule has 2 fully saturated rings. The number of nitrogens with zero attached hydrogens (tertiary/aromatic N) is 3. The van der Waals surface area contributed by atoms with Gasteiger partial charge in [-0.15, -0.1) is 0 Å². The lowest BCUT2D eigenvalue weighted by atomic mass is 9.84. The third-order valence-electron chi connectivity index (χ3n) is 4.54. The Balaban J connectivity index is 2.02. The number of amides is 2. The average Bonchev–Trinajstić information content (AvgIpc) is 2.72. The monoisotopic (exact) mass is 239 g/mol. The molecule has 2 aliphatic rings. The van der Waals surface area contributed by atoms with E-state index in [4.69, 9.17) is 0 Å². The fourth-order valence-electron chi connectivity index (χ4n) is 2.88. The Hall–Kier alpha value is -0.770. The minimum absolute atomic E-state index is 0.163. The first-order valence-electron chi connectivity index (χ1n) is 6.77. The number of carbonyl (C=O) groups is 1. The smallest absolute Gasteiger partial charge is 0.320 e. The SMILES string of the molecule is CCN1CCC2(CCN2C(=O)N(C)C(C)C)C1. The van der Waals surface area contributed by atoms with Crippen molar-refractivity contribution in [2.24, 2.45) is 0 Å². The summed E-state index contributed by atoms with van der Waals surface area (Å²) in [7, 11) is 1.91. The van der Waals surface area contributed by atoms with Gasteiger partial charge in [-0.05, 0) is 33.2 Å². The Morgan fingerprint density at radius 1 is 1.35 bits per heavy atom. The predicted octanol–water partition coefficient (Wildman–Crippen LogP) is 1.62. The zero-order valence-electron chi connectivity index (χ0n) is 11.6. The Kier molecular flexibility index (Phi) is 3.34. The summed E-state index contributed by atoms with van der Waals surface area (Å²) in [6.45, 7) is 10.6. The van der Waals surface area contributed by atoms with Crippen molar-refractivity contribution in [3.05, 3.63) is 0 Å². The van der Waals surface area contributed by atoms with E-state index in [2.05, 4.69) is 30.6 Å². The largest absolute Gasteiger partial charge is 0.325 e. The summed E-state index contributed by atoms with van der Waals surface area (Å²) < 4.78 is 0. The van der Waals surface area contributed by atoms with Crippen LogP contribution < -0.4 is 0 Å². The molecule has 1 unspecified atom stereocenters. The molecule has 0 aromatic rings. The van der Waals surface area contributed by atoms with Crippen LogP contribution in [0.5, 0.6) is 0 Å². The first kappa shape index (κ1) is 12.7. The maximum atomic E-state index is 12.4. The first-order valence-corrected chi connectivity index (χ1v) is 6.77. The molecule has 2 saturated heterocycles. The van der Waals surface area contributed by atoms with Crippen LogP contribution in [0.2, 0.25) is 0 Å². The third kappa shape index (κ3) is 2.03. The molecule has 4 nitrogen and oxygen atoms in total. The highest BCUT2D eigenvalue weighted by Crippen LogP contribution is 2.39. The van der Waals surface area contributed by atoms with Crippen LogP contribution >= 0.6 is 0 Å². The van der Waals surface area contributed by atoms with Gasteiger partial charge in [0.25, 0.3) is 0 Å². The summed E-state index contributed by atoms with van der Waals surface area (Å²) in [5, 5.41) is 0. The Bertz CT molecular complexity index is 305. The van der Waals surface area contributed by atoms with E-state index in [1.165, 1.54) is 6.42 Å². The first-order chi connectivity index (χ1) is 8.00.